The van der Waals surface area contributed by atoms with E-state index in [1.165, 1.54) is 0 Å². The van der Waals surface area contributed by atoms with Gasteiger partial charge in [0.15, 0.2) is 6.61 Å². The molecule has 0 aliphatic rings. The first-order chi connectivity index (χ1) is 13.5. The lowest BCUT2D eigenvalue weighted by atomic mass is 10.2. The summed E-state index contributed by atoms with van der Waals surface area (Å²) in [7, 11) is 0. The number of rotatable bonds is 6. The molecule has 0 heterocycles. The van der Waals surface area contributed by atoms with E-state index < -0.39 is 0 Å². The molecule has 3 aromatic rings. The predicted molar refractivity (Wildman–Crippen MR) is 114 cm³/mol. The lowest BCUT2D eigenvalue weighted by Crippen LogP contribution is -2.21. The SMILES string of the molecule is O=C(COc1ccccc1C(=O)Nc1ccccc1)Nc1ccc(Br)cc1Cl. The second-order valence-electron chi connectivity index (χ2n) is 5.78. The summed E-state index contributed by atoms with van der Waals surface area (Å²) in [5.41, 5.74) is 1.49. The first-order valence-electron chi connectivity index (χ1n) is 8.36. The lowest BCUT2D eigenvalue weighted by molar-refractivity contribution is -0.118. The molecule has 7 heteroatoms. The highest BCUT2D eigenvalue weighted by Crippen LogP contribution is 2.26. The third kappa shape index (κ3) is 5.34. The minimum atomic E-state index is -0.387. The summed E-state index contributed by atoms with van der Waals surface area (Å²) in [6.45, 7) is -0.262. The third-order valence-corrected chi connectivity index (χ3v) is 4.53. The molecule has 3 rings (SSSR count). The molecule has 0 fully saturated rings. The van der Waals surface area contributed by atoms with Crippen LogP contribution in [0.15, 0.2) is 77.3 Å². The van der Waals surface area contributed by atoms with Crippen LogP contribution in [-0.2, 0) is 4.79 Å². The Kier molecular flexibility index (Phi) is 6.68. The standard InChI is InChI=1S/C21H16BrClN2O3/c22-14-10-11-18(17(23)12-14)25-20(26)13-28-19-9-5-4-8-16(19)21(27)24-15-6-2-1-3-7-15/h1-12H,13H2,(H,24,27)(H,25,26). The summed E-state index contributed by atoms with van der Waals surface area (Å²) >= 11 is 9.41. The lowest BCUT2D eigenvalue weighted by Gasteiger charge is -2.12. The van der Waals surface area contributed by atoms with E-state index >= 15 is 0 Å². The highest BCUT2D eigenvalue weighted by Gasteiger charge is 2.14. The van der Waals surface area contributed by atoms with Crippen LogP contribution in [0.2, 0.25) is 5.02 Å². The number of anilines is 2. The van der Waals surface area contributed by atoms with Crippen LogP contribution in [-0.4, -0.2) is 18.4 Å². The fourth-order valence-corrected chi connectivity index (χ4v) is 3.14. The molecule has 5 nitrogen and oxygen atoms in total. The van der Waals surface area contributed by atoms with Gasteiger partial charge in [-0.3, -0.25) is 9.59 Å². The molecule has 0 saturated carbocycles. The van der Waals surface area contributed by atoms with Crippen molar-refractivity contribution in [2.24, 2.45) is 0 Å². The summed E-state index contributed by atoms with van der Waals surface area (Å²) < 4.78 is 6.38. The largest absolute Gasteiger partial charge is 0.483 e. The van der Waals surface area contributed by atoms with Crippen LogP contribution in [0.4, 0.5) is 11.4 Å². The van der Waals surface area contributed by atoms with Gasteiger partial charge in [0.25, 0.3) is 11.8 Å². The van der Waals surface area contributed by atoms with Crippen LogP contribution in [0.1, 0.15) is 10.4 Å². The molecule has 2 amide bonds. The van der Waals surface area contributed by atoms with Crippen LogP contribution in [0.3, 0.4) is 0 Å². The average molecular weight is 460 g/mol. The van der Waals surface area contributed by atoms with Gasteiger partial charge in [-0.2, -0.15) is 0 Å². The number of halogens is 2. The first-order valence-corrected chi connectivity index (χ1v) is 9.53. The van der Waals surface area contributed by atoms with Gasteiger partial charge in [0.1, 0.15) is 5.75 Å². The van der Waals surface area contributed by atoms with E-state index in [0.717, 1.165) is 4.47 Å². The molecule has 3 aromatic carbocycles. The van der Waals surface area contributed by atoms with Crippen molar-refractivity contribution in [3.05, 3.63) is 87.9 Å². The number of ether oxygens (including phenoxy) is 1. The average Bonchev–Trinajstić information content (AvgIpc) is 2.69. The van der Waals surface area contributed by atoms with Crippen LogP contribution in [0, 0.1) is 0 Å². The molecule has 0 aromatic heterocycles. The quantitative estimate of drug-likeness (QED) is 0.520. The van der Waals surface area contributed by atoms with E-state index in [1.807, 2.05) is 18.2 Å². The van der Waals surface area contributed by atoms with E-state index in [2.05, 4.69) is 26.6 Å². The van der Waals surface area contributed by atoms with Gasteiger partial charge in [0.05, 0.1) is 16.3 Å². The van der Waals surface area contributed by atoms with Crippen LogP contribution in [0.5, 0.6) is 5.75 Å². The molecule has 0 aliphatic heterocycles. The number of benzene rings is 3. The van der Waals surface area contributed by atoms with Crippen molar-refractivity contribution in [1.29, 1.82) is 0 Å². The number of carbonyl (C=O) groups excluding carboxylic acids is 2. The molecular formula is C21H16BrClN2O3. The highest BCUT2D eigenvalue weighted by atomic mass is 79.9. The molecular weight excluding hydrogens is 444 g/mol. The van der Waals surface area contributed by atoms with Gasteiger partial charge in [0.2, 0.25) is 0 Å². The fourth-order valence-electron chi connectivity index (χ4n) is 2.42. The number of nitrogens with one attached hydrogen (secondary N) is 2. The van der Waals surface area contributed by atoms with Crippen LogP contribution < -0.4 is 15.4 Å². The molecule has 28 heavy (non-hydrogen) atoms. The first kappa shape index (κ1) is 19.9. The number of para-hydroxylation sites is 2. The number of hydrogen-bond acceptors (Lipinski definition) is 3. The molecule has 0 aliphatic carbocycles. The minimum absolute atomic E-state index is 0.262. The number of carbonyl (C=O) groups is 2. The minimum Gasteiger partial charge on any atom is -0.483 e. The van der Waals surface area contributed by atoms with Crippen LogP contribution in [0.25, 0.3) is 0 Å². The monoisotopic (exact) mass is 458 g/mol. The van der Waals surface area contributed by atoms with Gasteiger partial charge >= 0.3 is 0 Å². The van der Waals surface area contributed by atoms with Gasteiger partial charge in [-0.1, -0.05) is 57.9 Å². The Labute approximate surface area is 175 Å². The Morgan fingerprint density at radius 2 is 1.64 bits per heavy atom. The van der Waals surface area contributed by atoms with E-state index in [-0.39, 0.29) is 18.4 Å². The second-order valence-corrected chi connectivity index (χ2v) is 7.10. The molecule has 0 unspecified atom stereocenters. The summed E-state index contributed by atoms with van der Waals surface area (Å²) in [5, 5.41) is 5.88. The summed E-state index contributed by atoms with van der Waals surface area (Å²) in [4.78, 5) is 24.7. The Morgan fingerprint density at radius 1 is 0.929 bits per heavy atom. The van der Waals surface area contributed by atoms with Gasteiger partial charge in [-0.05, 0) is 42.5 Å². The molecule has 0 radical (unpaired) electrons. The maximum atomic E-state index is 12.5. The number of amides is 2. The molecule has 0 saturated heterocycles. The van der Waals surface area contributed by atoms with Gasteiger partial charge in [-0.15, -0.1) is 0 Å². The Bertz CT molecular complexity index is 996. The molecule has 0 bridgehead atoms. The molecule has 0 spiro atoms. The maximum absolute atomic E-state index is 12.5. The van der Waals surface area contributed by atoms with Crippen molar-refractivity contribution in [3.8, 4) is 5.75 Å². The van der Waals surface area contributed by atoms with Gasteiger partial charge in [-0.25, -0.2) is 0 Å². The zero-order chi connectivity index (χ0) is 19.9. The predicted octanol–water partition coefficient (Wildman–Crippen LogP) is 5.37. The van der Waals surface area contributed by atoms with Gasteiger partial charge in [0, 0.05) is 10.2 Å². The summed E-state index contributed by atoms with van der Waals surface area (Å²) in [6.07, 6.45) is 0. The molecule has 142 valence electrons. The second kappa shape index (κ2) is 9.39. The van der Waals surface area contributed by atoms with E-state index in [0.29, 0.717) is 27.7 Å². The Morgan fingerprint density at radius 3 is 2.39 bits per heavy atom. The van der Waals surface area contributed by atoms with E-state index in [9.17, 15) is 9.59 Å². The van der Waals surface area contributed by atoms with Crippen molar-refractivity contribution in [2.75, 3.05) is 17.2 Å². The zero-order valence-electron chi connectivity index (χ0n) is 14.6. The number of hydrogen-bond donors (Lipinski definition) is 2. The highest BCUT2D eigenvalue weighted by molar-refractivity contribution is 9.10. The molecule has 0 atom stereocenters. The fraction of sp³-hybridized carbons (Fsp3) is 0.0476. The van der Waals surface area contributed by atoms with Crippen molar-refractivity contribution in [3.63, 3.8) is 0 Å². The normalized spacial score (nSPS) is 10.2. The van der Waals surface area contributed by atoms with Crippen molar-refractivity contribution in [2.45, 2.75) is 0 Å². The van der Waals surface area contributed by atoms with Crippen molar-refractivity contribution in [1.82, 2.24) is 0 Å². The summed E-state index contributed by atoms with van der Waals surface area (Å²) in [5.74, 6) is -0.395. The van der Waals surface area contributed by atoms with E-state index in [1.54, 1.807) is 54.6 Å². The summed E-state index contributed by atoms with van der Waals surface area (Å²) in [6, 6.07) is 21.0. The van der Waals surface area contributed by atoms with Crippen molar-refractivity contribution >= 4 is 50.7 Å². The van der Waals surface area contributed by atoms with Gasteiger partial charge < -0.3 is 15.4 Å². The topological polar surface area (TPSA) is 67.4 Å². The maximum Gasteiger partial charge on any atom is 0.262 e. The molecule has 2 N–H and O–H groups in total. The van der Waals surface area contributed by atoms with E-state index in [4.69, 9.17) is 16.3 Å². The third-order valence-electron chi connectivity index (χ3n) is 3.73. The zero-order valence-corrected chi connectivity index (χ0v) is 17.0. The van der Waals surface area contributed by atoms with Crippen LogP contribution >= 0.6 is 27.5 Å². The Hall–Kier alpha value is -2.83. The Balaban J connectivity index is 1.64. The van der Waals surface area contributed by atoms with Crippen molar-refractivity contribution < 1.29 is 14.3 Å². The smallest absolute Gasteiger partial charge is 0.262 e.